The van der Waals surface area contributed by atoms with Gasteiger partial charge in [-0.15, -0.1) is 0 Å². The second kappa shape index (κ2) is 4.37. The number of pyridine rings is 1. The number of nitrogens with zero attached hydrogens (tertiary/aromatic N) is 2. The molecule has 1 unspecified atom stereocenters. The van der Waals surface area contributed by atoms with Crippen molar-refractivity contribution in [1.82, 2.24) is 10.3 Å². The first-order valence-electron chi connectivity index (χ1n) is 7.13. The summed E-state index contributed by atoms with van der Waals surface area (Å²) in [6.07, 6.45) is 2.19. The summed E-state index contributed by atoms with van der Waals surface area (Å²) in [4.78, 5) is 42.0. The van der Waals surface area contributed by atoms with E-state index in [1.54, 1.807) is 6.20 Å². The van der Waals surface area contributed by atoms with Gasteiger partial charge in [0.1, 0.15) is 11.9 Å². The lowest BCUT2D eigenvalue weighted by Gasteiger charge is -2.29. The van der Waals surface area contributed by atoms with Gasteiger partial charge in [-0.05, 0) is 36.4 Å². The summed E-state index contributed by atoms with van der Waals surface area (Å²) >= 11 is 0. The summed E-state index contributed by atoms with van der Waals surface area (Å²) in [5, 5.41) is 4.01. The van der Waals surface area contributed by atoms with Crippen molar-refractivity contribution in [3.05, 3.63) is 35.5 Å². The topological polar surface area (TPSA) is 79.4 Å². The molecule has 6 nitrogen and oxygen atoms in total. The van der Waals surface area contributed by atoms with Crippen LogP contribution in [0.5, 0.6) is 0 Å². The maximum absolute atomic E-state index is 12.8. The Morgan fingerprint density at radius 3 is 2.86 bits per heavy atom. The third-order valence-electron chi connectivity index (χ3n) is 4.19. The predicted molar refractivity (Wildman–Crippen MR) is 79.5 cm³/mol. The number of benzene rings is 1. The molecule has 1 aromatic carbocycles. The molecule has 1 aromatic heterocycles. The summed E-state index contributed by atoms with van der Waals surface area (Å²) < 4.78 is 0. The van der Waals surface area contributed by atoms with Crippen molar-refractivity contribution >= 4 is 34.3 Å². The van der Waals surface area contributed by atoms with Gasteiger partial charge in [-0.3, -0.25) is 24.6 Å². The van der Waals surface area contributed by atoms with E-state index >= 15 is 0 Å². The molecule has 0 spiro atoms. The summed E-state index contributed by atoms with van der Waals surface area (Å²) in [7, 11) is 0. The smallest absolute Gasteiger partial charge is 0.260 e. The van der Waals surface area contributed by atoms with Gasteiger partial charge in [0.25, 0.3) is 5.91 Å². The summed E-state index contributed by atoms with van der Waals surface area (Å²) in [5.41, 5.74) is 1.56. The molecular formula is C16H13N3O3. The number of rotatable bonds is 1. The summed E-state index contributed by atoms with van der Waals surface area (Å²) in [5.74, 6) is -0.454. The van der Waals surface area contributed by atoms with Gasteiger partial charge in [0.2, 0.25) is 11.8 Å². The largest absolute Gasteiger partial charge is 0.295 e. The van der Waals surface area contributed by atoms with Crippen LogP contribution in [-0.2, 0) is 9.59 Å². The molecule has 0 radical (unpaired) electrons. The molecule has 0 saturated carbocycles. The summed E-state index contributed by atoms with van der Waals surface area (Å²) in [6.45, 7) is 1.93. The molecular weight excluding hydrogens is 282 g/mol. The van der Waals surface area contributed by atoms with Crippen molar-refractivity contribution in [3.8, 4) is 0 Å². The Balaban J connectivity index is 1.88. The molecule has 4 rings (SSSR count). The minimum Gasteiger partial charge on any atom is -0.295 e. The molecule has 22 heavy (non-hydrogen) atoms. The van der Waals surface area contributed by atoms with Crippen molar-refractivity contribution in [2.75, 3.05) is 4.90 Å². The van der Waals surface area contributed by atoms with Crippen LogP contribution in [0.2, 0.25) is 0 Å². The van der Waals surface area contributed by atoms with Crippen LogP contribution < -0.4 is 10.2 Å². The molecule has 110 valence electrons. The molecule has 2 aromatic rings. The Kier molecular flexibility index (Phi) is 2.57. The Labute approximate surface area is 126 Å². The maximum atomic E-state index is 12.8. The van der Waals surface area contributed by atoms with E-state index in [-0.39, 0.29) is 18.2 Å². The number of nitrogens with one attached hydrogen (secondary N) is 1. The van der Waals surface area contributed by atoms with Crippen LogP contribution in [0, 0.1) is 6.92 Å². The Bertz CT molecular complexity index is 859. The Morgan fingerprint density at radius 1 is 1.27 bits per heavy atom. The van der Waals surface area contributed by atoms with Crippen molar-refractivity contribution < 1.29 is 14.4 Å². The molecule has 1 saturated heterocycles. The van der Waals surface area contributed by atoms with Gasteiger partial charge in [-0.25, -0.2) is 4.98 Å². The Morgan fingerprint density at radius 2 is 2.09 bits per heavy atom. The van der Waals surface area contributed by atoms with Crippen molar-refractivity contribution in [1.29, 1.82) is 0 Å². The van der Waals surface area contributed by atoms with Crippen molar-refractivity contribution in [2.24, 2.45) is 0 Å². The average Bonchev–Trinajstić information content (AvgIpc) is 2.74. The molecule has 3 amide bonds. The first-order valence-corrected chi connectivity index (χ1v) is 7.13. The average molecular weight is 295 g/mol. The third kappa shape index (κ3) is 1.67. The van der Waals surface area contributed by atoms with Gasteiger partial charge >= 0.3 is 0 Å². The van der Waals surface area contributed by atoms with Gasteiger partial charge < -0.3 is 0 Å². The quantitative estimate of drug-likeness (QED) is 0.804. The standard InChI is InChI=1S/C16H13N3O3/c1-8-6-9-4-5-17-14-13(9)10(7-8)16(22)19(14)11-2-3-12(20)18-15(11)21/h4-7,11H,2-3H2,1H3,(H,18,20,21). The normalized spacial score (nSPS) is 20.7. The van der Waals surface area contributed by atoms with E-state index in [9.17, 15) is 14.4 Å². The van der Waals surface area contributed by atoms with Crippen LogP contribution in [-0.4, -0.2) is 28.7 Å². The van der Waals surface area contributed by atoms with Gasteiger partial charge in [0, 0.05) is 18.0 Å². The second-order valence-corrected chi connectivity index (χ2v) is 5.69. The second-order valence-electron chi connectivity index (χ2n) is 5.69. The first kappa shape index (κ1) is 12.9. The molecule has 1 atom stereocenters. The van der Waals surface area contributed by atoms with Crippen molar-refractivity contribution in [2.45, 2.75) is 25.8 Å². The van der Waals surface area contributed by atoms with Crippen LogP contribution in [0.1, 0.15) is 28.8 Å². The molecule has 0 bridgehead atoms. The van der Waals surface area contributed by atoms with E-state index in [4.69, 9.17) is 0 Å². The van der Waals surface area contributed by atoms with Gasteiger partial charge in [0.05, 0.1) is 5.56 Å². The molecule has 2 aliphatic rings. The first-order chi connectivity index (χ1) is 10.6. The number of aromatic nitrogens is 1. The predicted octanol–water partition coefficient (Wildman–Crippen LogP) is 1.31. The highest BCUT2D eigenvalue weighted by Gasteiger charge is 2.41. The fraction of sp³-hybridized carbons (Fsp3) is 0.250. The number of piperidine rings is 1. The van der Waals surface area contributed by atoms with E-state index in [1.807, 2.05) is 25.1 Å². The highest BCUT2D eigenvalue weighted by atomic mass is 16.2. The van der Waals surface area contributed by atoms with E-state index in [0.29, 0.717) is 17.8 Å². The SMILES string of the molecule is Cc1cc2c3c(nccc3c1)N(C1CCC(=O)NC1=O)C2=O. The minimum absolute atomic E-state index is 0.225. The zero-order chi connectivity index (χ0) is 15.4. The number of carbonyl (C=O) groups excluding carboxylic acids is 3. The zero-order valence-corrected chi connectivity index (χ0v) is 11.9. The lowest BCUT2D eigenvalue weighted by Crippen LogP contribution is -2.53. The van der Waals surface area contributed by atoms with E-state index < -0.39 is 11.9 Å². The minimum atomic E-state index is -0.684. The van der Waals surface area contributed by atoms with Crippen LogP contribution >= 0.6 is 0 Å². The van der Waals surface area contributed by atoms with E-state index in [0.717, 1.165) is 16.3 Å². The van der Waals surface area contributed by atoms with Crippen molar-refractivity contribution in [3.63, 3.8) is 0 Å². The molecule has 1 N–H and O–H groups in total. The Hall–Kier alpha value is -2.76. The third-order valence-corrected chi connectivity index (χ3v) is 4.19. The number of imide groups is 1. The number of aryl methyl sites for hydroxylation is 1. The fourth-order valence-electron chi connectivity index (χ4n) is 3.24. The van der Waals surface area contributed by atoms with Crippen LogP contribution in [0.4, 0.5) is 5.82 Å². The molecule has 1 fully saturated rings. The van der Waals surface area contributed by atoms with Gasteiger partial charge in [0.15, 0.2) is 0 Å². The number of anilines is 1. The highest BCUT2D eigenvalue weighted by molar-refractivity contribution is 6.26. The lowest BCUT2D eigenvalue weighted by molar-refractivity contribution is -0.134. The van der Waals surface area contributed by atoms with E-state index in [1.165, 1.54) is 4.90 Å². The van der Waals surface area contributed by atoms with E-state index in [2.05, 4.69) is 10.3 Å². The summed E-state index contributed by atoms with van der Waals surface area (Å²) in [6, 6.07) is 4.99. The van der Waals surface area contributed by atoms with Crippen LogP contribution in [0.25, 0.3) is 10.8 Å². The highest BCUT2D eigenvalue weighted by Crippen LogP contribution is 2.38. The molecule has 3 heterocycles. The fourth-order valence-corrected chi connectivity index (χ4v) is 3.24. The number of carbonyl (C=O) groups is 3. The maximum Gasteiger partial charge on any atom is 0.260 e. The molecule has 6 heteroatoms. The number of hydrogen-bond acceptors (Lipinski definition) is 4. The van der Waals surface area contributed by atoms with Crippen LogP contribution in [0.3, 0.4) is 0 Å². The van der Waals surface area contributed by atoms with Gasteiger partial charge in [-0.1, -0.05) is 6.07 Å². The monoisotopic (exact) mass is 295 g/mol. The lowest BCUT2D eigenvalue weighted by atomic mass is 10.0. The van der Waals surface area contributed by atoms with Crippen LogP contribution in [0.15, 0.2) is 24.4 Å². The molecule has 0 aliphatic carbocycles. The number of hydrogen-bond donors (Lipinski definition) is 1. The molecule has 2 aliphatic heterocycles. The zero-order valence-electron chi connectivity index (χ0n) is 11.9. The number of amides is 3. The van der Waals surface area contributed by atoms with Gasteiger partial charge in [-0.2, -0.15) is 0 Å².